The van der Waals surface area contributed by atoms with Crippen LogP contribution in [0.1, 0.15) is 21.7 Å². The Labute approximate surface area is 196 Å². The third kappa shape index (κ3) is 4.37. The van der Waals surface area contributed by atoms with E-state index in [2.05, 4.69) is 73.5 Å². The summed E-state index contributed by atoms with van der Waals surface area (Å²) in [6.07, 6.45) is 6.23. The van der Waals surface area contributed by atoms with Crippen molar-refractivity contribution in [3.63, 3.8) is 0 Å². The summed E-state index contributed by atoms with van der Waals surface area (Å²) >= 11 is 0. The molecule has 34 heavy (non-hydrogen) atoms. The Bertz CT molecular complexity index is 1440. The number of quaternary nitrogens is 1. The first-order valence-corrected chi connectivity index (χ1v) is 11.0. The normalized spacial score (nSPS) is 10.9. The van der Waals surface area contributed by atoms with Crippen LogP contribution in [0.2, 0.25) is 0 Å². The van der Waals surface area contributed by atoms with Gasteiger partial charge in [0.2, 0.25) is 11.2 Å². The van der Waals surface area contributed by atoms with E-state index >= 15 is 0 Å². The number of benzene rings is 2. The third-order valence-electron chi connectivity index (χ3n) is 5.72. The highest BCUT2D eigenvalue weighted by Crippen LogP contribution is 2.32. The topological polar surface area (TPSA) is 110 Å². The lowest BCUT2D eigenvalue weighted by Crippen LogP contribution is -2.47. The smallest absolute Gasteiger partial charge is 0.271 e. The molecule has 5 N–H and O–H groups in total. The monoisotopic (exact) mass is 448 g/mol. The van der Waals surface area contributed by atoms with E-state index in [4.69, 9.17) is 0 Å². The van der Waals surface area contributed by atoms with Crippen LogP contribution in [0.4, 0.5) is 0 Å². The molecule has 0 fully saturated rings. The number of aromatic nitrogens is 4. The molecule has 0 bridgehead atoms. The van der Waals surface area contributed by atoms with Gasteiger partial charge in [-0.05, 0) is 23.8 Å². The number of aromatic amines is 1. The number of H-pyrrole nitrogens is 1. The molecule has 0 atom stereocenters. The Morgan fingerprint density at radius 1 is 0.912 bits per heavy atom. The summed E-state index contributed by atoms with van der Waals surface area (Å²) in [5.41, 5.74) is 11.4. The maximum absolute atomic E-state index is 12.5. The molecule has 3 aromatic heterocycles. The van der Waals surface area contributed by atoms with Crippen molar-refractivity contribution in [2.75, 3.05) is 0 Å². The van der Waals surface area contributed by atoms with E-state index in [1.807, 2.05) is 24.3 Å². The lowest BCUT2D eigenvalue weighted by Gasteiger charge is -2.10. The van der Waals surface area contributed by atoms with Crippen LogP contribution in [0, 0.1) is 0 Å². The van der Waals surface area contributed by atoms with Crippen LogP contribution < -0.4 is 16.0 Å². The highest BCUT2D eigenvalue weighted by Gasteiger charge is 2.19. The Morgan fingerprint density at radius 3 is 2.47 bits per heavy atom. The molecule has 0 aliphatic heterocycles. The molecule has 0 saturated heterocycles. The van der Waals surface area contributed by atoms with Crippen molar-refractivity contribution in [2.24, 2.45) is 0 Å². The second kappa shape index (κ2) is 9.56. The van der Waals surface area contributed by atoms with Crippen molar-refractivity contribution in [2.45, 2.75) is 13.1 Å². The van der Waals surface area contributed by atoms with Gasteiger partial charge in [-0.2, -0.15) is 0 Å². The van der Waals surface area contributed by atoms with E-state index in [1.165, 1.54) is 24.2 Å². The number of hydrogen-bond acceptors (Lipinski definition) is 4. The standard InChI is InChI=1S/C27H22N6O/c28-15-18-6-8-20(9-7-18)26-21(19-4-2-1-3-5-19)14-22-23(33-26)10-11-30-24(22)17-32-27(34)25-16-29-12-13-31-25/h1-14,16H,15,17,28H2,(H,32,34)/p+2. The molecule has 5 aromatic rings. The fourth-order valence-corrected chi connectivity index (χ4v) is 3.93. The third-order valence-corrected chi connectivity index (χ3v) is 5.72. The van der Waals surface area contributed by atoms with Gasteiger partial charge in [0.15, 0.2) is 0 Å². The molecule has 1 amide bonds. The molecular formula is C27H24N6O+2. The Morgan fingerprint density at radius 2 is 1.74 bits per heavy atom. The Balaban J connectivity index is 1.58. The van der Waals surface area contributed by atoms with Gasteiger partial charge in [-0.3, -0.25) is 14.8 Å². The molecule has 0 aliphatic rings. The van der Waals surface area contributed by atoms with Gasteiger partial charge in [-0.25, -0.2) is 9.97 Å². The first kappa shape index (κ1) is 21.4. The Kier molecular flexibility index (Phi) is 6.01. The van der Waals surface area contributed by atoms with Gasteiger partial charge in [0.25, 0.3) is 5.91 Å². The molecule has 7 nitrogen and oxygen atoms in total. The average Bonchev–Trinajstić information content (AvgIpc) is 2.92. The van der Waals surface area contributed by atoms with E-state index in [9.17, 15) is 4.79 Å². The zero-order chi connectivity index (χ0) is 23.3. The molecular weight excluding hydrogens is 424 g/mol. The molecule has 0 unspecified atom stereocenters. The van der Waals surface area contributed by atoms with Crippen molar-refractivity contribution in [3.8, 4) is 22.4 Å². The maximum Gasteiger partial charge on any atom is 0.271 e. The van der Waals surface area contributed by atoms with Crippen molar-refractivity contribution < 1.29 is 15.5 Å². The molecule has 166 valence electrons. The zero-order valence-electron chi connectivity index (χ0n) is 18.5. The van der Waals surface area contributed by atoms with Crippen molar-refractivity contribution in [1.29, 1.82) is 0 Å². The van der Waals surface area contributed by atoms with Crippen LogP contribution in [0.3, 0.4) is 0 Å². The minimum Gasteiger partial charge on any atom is -0.354 e. The molecule has 2 aromatic carbocycles. The quantitative estimate of drug-likeness (QED) is 0.416. The van der Waals surface area contributed by atoms with Gasteiger partial charge >= 0.3 is 0 Å². The van der Waals surface area contributed by atoms with Crippen LogP contribution in [0.25, 0.3) is 33.3 Å². The molecule has 0 spiro atoms. The average molecular weight is 449 g/mol. The van der Waals surface area contributed by atoms with E-state index < -0.39 is 0 Å². The lowest BCUT2D eigenvalue weighted by atomic mass is 9.96. The van der Waals surface area contributed by atoms with Crippen molar-refractivity contribution in [3.05, 3.63) is 108 Å². The molecule has 0 aliphatic carbocycles. The van der Waals surface area contributed by atoms with Crippen molar-refractivity contribution >= 4 is 16.8 Å². The fraction of sp³-hybridized carbons (Fsp3) is 0.0741. The van der Waals surface area contributed by atoms with Crippen LogP contribution in [-0.4, -0.2) is 20.9 Å². The highest BCUT2D eigenvalue weighted by molar-refractivity contribution is 5.92. The van der Waals surface area contributed by atoms with Crippen molar-refractivity contribution in [1.82, 2.24) is 20.3 Å². The van der Waals surface area contributed by atoms with Gasteiger partial charge in [-0.15, -0.1) is 0 Å². The Hall–Kier alpha value is -4.49. The maximum atomic E-state index is 12.5. The SMILES string of the molecule is [NH3+]Cc1ccc(-c2[nH+]c3ccnc(CNC(=O)c4cnccn4)c3cc2-c2ccccc2)cc1. The number of rotatable bonds is 6. The summed E-state index contributed by atoms with van der Waals surface area (Å²) in [4.78, 5) is 28.7. The lowest BCUT2D eigenvalue weighted by molar-refractivity contribution is -0.386. The molecule has 3 heterocycles. The second-order valence-electron chi connectivity index (χ2n) is 7.86. The predicted octanol–water partition coefficient (Wildman–Crippen LogP) is 2.84. The summed E-state index contributed by atoms with van der Waals surface area (Å²) in [7, 11) is 0. The number of pyridine rings is 2. The van der Waals surface area contributed by atoms with Crippen LogP contribution in [-0.2, 0) is 13.1 Å². The fourth-order valence-electron chi connectivity index (χ4n) is 3.93. The molecule has 5 rings (SSSR count). The number of carbonyl (C=O) groups is 1. The highest BCUT2D eigenvalue weighted by atomic mass is 16.1. The number of nitrogens with one attached hydrogen (secondary N) is 2. The number of amides is 1. The second-order valence-corrected chi connectivity index (χ2v) is 7.86. The first-order valence-electron chi connectivity index (χ1n) is 11.0. The van der Waals surface area contributed by atoms with Gasteiger partial charge in [0.1, 0.15) is 5.69 Å². The number of hydrogen-bond donors (Lipinski definition) is 2. The van der Waals surface area contributed by atoms with Gasteiger partial charge < -0.3 is 11.1 Å². The minimum absolute atomic E-state index is 0.270. The summed E-state index contributed by atoms with van der Waals surface area (Å²) in [5.74, 6) is -0.290. The zero-order valence-corrected chi connectivity index (χ0v) is 18.5. The molecule has 0 radical (unpaired) electrons. The van der Waals surface area contributed by atoms with Crippen LogP contribution >= 0.6 is 0 Å². The van der Waals surface area contributed by atoms with E-state index in [-0.39, 0.29) is 18.1 Å². The van der Waals surface area contributed by atoms with E-state index in [0.29, 0.717) is 0 Å². The van der Waals surface area contributed by atoms with Gasteiger partial charge in [-0.1, -0.05) is 42.5 Å². The first-order chi connectivity index (χ1) is 16.7. The molecule has 7 heteroatoms. The van der Waals surface area contributed by atoms with Gasteiger partial charge in [0, 0.05) is 35.8 Å². The van der Waals surface area contributed by atoms with E-state index in [0.717, 1.165) is 45.5 Å². The largest absolute Gasteiger partial charge is 0.354 e. The minimum atomic E-state index is -0.290. The number of fused-ring (bicyclic) bond motifs is 1. The van der Waals surface area contributed by atoms with Crippen LogP contribution in [0.15, 0.2) is 91.5 Å². The summed E-state index contributed by atoms with van der Waals surface area (Å²) in [6.45, 7) is 1.02. The molecule has 0 saturated carbocycles. The van der Waals surface area contributed by atoms with Crippen LogP contribution in [0.5, 0.6) is 0 Å². The number of carbonyl (C=O) groups excluding carboxylic acids is 1. The van der Waals surface area contributed by atoms with E-state index in [1.54, 1.807) is 6.20 Å². The van der Waals surface area contributed by atoms with Gasteiger partial charge in [0.05, 0.1) is 35.9 Å². The summed E-state index contributed by atoms with van der Waals surface area (Å²) in [5, 5.41) is 3.85. The summed E-state index contributed by atoms with van der Waals surface area (Å²) in [6, 6.07) is 22.8. The summed E-state index contributed by atoms with van der Waals surface area (Å²) < 4.78 is 0. The predicted molar refractivity (Wildman–Crippen MR) is 129 cm³/mol. The number of nitrogens with zero attached hydrogens (tertiary/aromatic N) is 3.